The number of hydrogen-bond donors (Lipinski definition) is 1. The average molecular weight is 260 g/mol. The maximum Gasteiger partial charge on any atom is 0.341 e. The van der Waals surface area contributed by atoms with Crippen LogP contribution in [0.25, 0.3) is 5.69 Å². The second-order valence-electron chi connectivity index (χ2n) is 4.52. The van der Waals surface area contributed by atoms with Crippen LogP contribution in [0.15, 0.2) is 36.8 Å². The first kappa shape index (κ1) is 13.1. The molecule has 0 fully saturated rings. The molecule has 0 bridgehead atoms. The summed E-state index contributed by atoms with van der Waals surface area (Å²) in [7, 11) is 0. The summed E-state index contributed by atoms with van der Waals surface area (Å²) in [4.78, 5) is 14.6. The van der Waals surface area contributed by atoms with Crippen LogP contribution < -0.4 is 4.74 Å². The van der Waals surface area contributed by atoms with E-state index in [2.05, 4.69) is 18.8 Å². The molecule has 0 aliphatic carbocycles. The average Bonchev–Trinajstić information content (AvgIpc) is 2.86. The molecule has 1 N–H and O–H groups in total. The number of imidazole rings is 1. The largest absolute Gasteiger partial charge is 0.482 e. The second kappa shape index (κ2) is 5.56. The fourth-order valence-electron chi connectivity index (χ4n) is 1.80. The minimum atomic E-state index is -0.985. The van der Waals surface area contributed by atoms with Gasteiger partial charge in [-0.05, 0) is 30.2 Å². The van der Waals surface area contributed by atoms with Crippen molar-refractivity contribution in [3.05, 3.63) is 42.5 Å². The molecular weight excluding hydrogens is 244 g/mol. The summed E-state index contributed by atoms with van der Waals surface area (Å²) in [6.07, 6.45) is 3.61. The van der Waals surface area contributed by atoms with Crippen LogP contribution in [0.5, 0.6) is 5.75 Å². The Kier molecular flexibility index (Phi) is 3.85. The maximum atomic E-state index is 10.4. The van der Waals surface area contributed by atoms with E-state index in [-0.39, 0.29) is 6.61 Å². The van der Waals surface area contributed by atoms with E-state index in [4.69, 9.17) is 9.84 Å². The Morgan fingerprint density at radius 3 is 2.63 bits per heavy atom. The molecule has 100 valence electrons. The highest BCUT2D eigenvalue weighted by molar-refractivity contribution is 5.68. The predicted octanol–water partition coefficient (Wildman–Crippen LogP) is 2.46. The molecule has 5 heteroatoms. The molecular formula is C14H16N2O3. The lowest BCUT2D eigenvalue weighted by Gasteiger charge is -2.11. The van der Waals surface area contributed by atoms with Crippen molar-refractivity contribution in [1.29, 1.82) is 0 Å². The molecule has 0 saturated heterocycles. The molecule has 0 aliphatic rings. The molecule has 2 rings (SSSR count). The lowest BCUT2D eigenvalue weighted by Crippen LogP contribution is -2.09. The monoisotopic (exact) mass is 260 g/mol. The Morgan fingerprint density at radius 1 is 1.37 bits per heavy atom. The van der Waals surface area contributed by atoms with Crippen molar-refractivity contribution in [2.24, 2.45) is 0 Å². The van der Waals surface area contributed by atoms with Crippen molar-refractivity contribution in [3.8, 4) is 11.4 Å². The van der Waals surface area contributed by atoms with Gasteiger partial charge in [0.1, 0.15) is 5.75 Å². The Morgan fingerprint density at radius 2 is 2.05 bits per heavy atom. The van der Waals surface area contributed by atoms with Crippen molar-refractivity contribution in [2.45, 2.75) is 19.8 Å². The standard InChI is InChI=1S/C14H16N2O3/c1-10(2)13-7-15-9-16(13)11-3-5-12(6-4-11)19-8-14(17)18/h3-7,9-10H,8H2,1-2H3,(H,17,18). The molecule has 0 aliphatic heterocycles. The molecule has 0 unspecified atom stereocenters. The first-order chi connectivity index (χ1) is 9.08. The highest BCUT2D eigenvalue weighted by atomic mass is 16.5. The molecule has 19 heavy (non-hydrogen) atoms. The normalized spacial score (nSPS) is 10.7. The van der Waals surface area contributed by atoms with E-state index in [9.17, 15) is 4.79 Å². The molecule has 0 spiro atoms. The molecule has 5 nitrogen and oxygen atoms in total. The first-order valence-corrected chi connectivity index (χ1v) is 6.05. The zero-order chi connectivity index (χ0) is 13.8. The number of benzene rings is 1. The van der Waals surface area contributed by atoms with Crippen molar-refractivity contribution >= 4 is 5.97 Å². The smallest absolute Gasteiger partial charge is 0.341 e. The van der Waals surface area contributed by atoms with Gasteiger partial charge in [0, 0.05) is 17.6 Å². The van der Waals surface area contributed by atoms with Crippen molar-refractivity contribution in [3.63, 3.8) is 0 Å². The Labute approximate surface area is 111 Å². The van der Waals surface area contributed by atoms with Crippen LogP contribution in [0.3, 0.4) is 0 Å². The summed E-state index contributed by atoms with van der Waals surface area (Å²) in [5, 5.41) is 8.54. The van der Waals surface area contributed by atoms with E-state index in [0.29, 0.717) is 11.7 Å². The van der Waals surface area contributed by atoms with Crippen LogP contribution in [0.1, 0.15) is 25.5 Å². The maximum absolute atomic E-state index is 10.4. The van der Waals surface area contributed by atoms with Crippen LogP contribution >= 0.6 is 0 Å². The number of aliphatic carboxylic acids is 1. The summed E-state index contributed by atoms with van der Waals surface area (Å²) in [5.41, 5.74) is 2.10. The molecule has 0 saturated carbocycles. The number of rotatable bonds is 5. The van der Waals surface area contributed by atoms with Gasteiger partial charge in [-0.15, -0.1) is 0 Å². The van der Waals surface area contributed by atoms with Gasteiger partial charge in [0.05, 0.1) is 6.33 Å². The van der Waals surface area contributed by atoms with Gasteiger partial charge >= 0.3 is 5.97 Å². The van der Waals surface area contributed by atoms with Crippen molar-refractivity contribution in [1.82, 2.24) is 9.55 Å². The first-order valence-electron chi connectivity index (χ1n) is 6.05. The lowest BCUT2D eigenvalue weighted by molar-refractivity contribution is -0.139. The molecule has 1 aromatic carbocycles. The van der Waals surface area contributed by atoms with Gasteiger partial charge in [0.2, 0.25) is 0 Å². The molecule has 2 aromatic rings. The van der Waals surface area contributed by atoms with Crippen molar-refractivity contribution < 1.29 is 14.6 Å². The minimum Gasteiger partial charge on any atom is -0.482 e. The van der Waals surface area contributed by atoms with E-state index in [1.165, 1.54) is 0 Å². The summed E-state index contributed by atoms with van der Waals surface area (Å²) in [6.45, 7) is 3.89. The number of carbonyl (C=O) groups is 1. The summed E-state index contributed by atoms with van der Waals surface area (Å²) >= 11 is 0. The van der Waals surface area contributed by atoms with Gasteiger partial charge in [0.15, 0.2) is 6.61 Å². The number of nitrogens with zero attached hydrogens (tertiary/aromatic N) is 2. The summed E-state index contributed by atoms with van der Waals surface area (Å²) in [5.74, 6) is -0.0661. The van der Waals surface area contributed by atoms with Gasteiger partial charge in [0.25, 0.3) is 0 Å². The topological polar surface area (TPSA) is 64.4 Å². The highest BCUT2D eigenvalue weighted by Crippen LogP contribution is 2.20. The Balaban J connectivity index is 2.18. The highest BCUT2D eigenvalue weighted by Gasteiger charge is 2.08. The number of carboxylic acids is 1. The fraction of sp³-hybridized carbons (Fsp3) is 0.286. The van der Waals surface area contributed by atoms with Gasteiger partial charge < -0.3 is 14.4 Å². The van der Waals surface area contributed by atoms with Gasteiger partial charge in [-0.1, -0.05) is 13.8 Å². The zero-order valence-electron chi connectivity index (χ0n) is 10.9. The SMILES string of the molecule is CC(C)c1cncn1-c1ccc(OCC(=O)O)cc1. The van der Waals surface area contributed by atoms with Gasteiger partial charge in [-0.2, -0.15) is 0 Å². The zero-order valence-corrected chi connectivity index (χ0v) is 10.9. The number of aromatic nitrogens is 2. The van der Waals surface area contributed by atoms with Gasteiger partial charge in [-0.3, -0.25) is 0 Å². The third kappa shape index (κ3) is 3.13. The molecule has 0 atom stereocenters. The Bertz CT molecular complexity index is 558. The fourth-order valence-corrected chi connectivity index (χ4v) is 1.80. The van der Waals surface area contributed by atoms with Crippen LogP contribution in [-0.4, -0.2) is 27.2 Å². The third-order valence-corrected chi connectivity index (χ3v) is 2.74. The Hall–Kier alpha value is -2.30. The van der Waals surface area contributed by atoms with Crippen LogP contribution in [0, 0.1) is 0 Å². The van der Waals surface area contributed by atoms with E-state index >= 15 is 0 Å². The predicted molar refractivity (Wildman–Crippen MR) is 70.8 cm³/mol. The van der Waals surface area contributed by atoms with Gasteiger partial charge in [-0.25, -0.2) is 9.78 Å². The van der Waals surface area contributed by atoms with Crippen LogP contribution in [0.4, 0.5) is 0 Å². The lowest BCUT2D eigenvalue weighted by atomic mass is 10.1. The minimum absolute atomic E-state index is 0.332. The number of hydrogen-bond acceptors (Lipinski definition) is 3. The number of carboxylic acid groups (broad SMARTS) is 1. The van der Waals surface area contributed by atoms with E-state index in [0.717, 1.165) is 11.4 Å². The van der Waals surface area contributed by atoms with Crippen LogP contribution in [0.2, 0.25) is 0 Å². The molecule has 1 aromatic heterocycles. The second-order valence-corrected chi connectivity index (χ2v) is 4.52. The van der Waals surface area contributed by atoms with E-state index in [1.807, 2.05) is 22.9 Å². The number of ether oxygens (including phenoxy) is 1. The summed E-state index contributed by atoms with van der Waals surface area (Å²) < 4.78 is 7.10. The van der Waals surface area contributed by atoms with E-state index in [1.54, 1.807) is 18.5 Å². The van der Waals surface area contributed by atoms with Crippen LogP contribution in [-0.2, 0) is 4.79 Å². The van der Waals surface area contributed by atoms with E-state index < -0.39 is 5.97 Å². The molecule has 0 radical (unpaired) electrons. The summed E-state index contributed by atoms with van der Waals surface area (Å²) in [6, 6.07) is 7.26. The molecule has 0 amide bonds. The molecule has 1 heterocycles. The van der Waals surface area contributed by atoms with Crippen molar-refractivity contribution in [2.75, 3.05) is 6.61 Å². The quantitative estimate of drug-likeness (QED) is 0.896. The third-order valence-electron chi connectivity index (χ3n) is 2.74.